The molecule has 0 unspecified atom stereocenters. The number of benzene rings is 2. The standard InChI is InChI=1S/C30H29F3N4O4S/c1-42-24-10-8-21(9-11-24)19-41-27-20-40-23(16-26(27)38)18-35-12-5-13-36(15-14-35)29(39)25-17-34-37(28(25)30(31,32)33)22-6-3-2-4-7-22/h2-4,6-11,16-17,20H,5,12-15,18-19H2,1H3. The van der Waals surface area contributed by atoms with Crippen LogP contribution in [0.1, 0.15) is 33.8 Å². The summed E-state index contributed by atoms with van der Waals surface area (Å²) in [6.45, 7) is 2.02. The van der Waals surface area contributed by atoms with Crippen LogP contribution in [-0.2, 0) is 19.3 Å². The van der Waals surface area contributed by atoms with Gasteiger partial charge in [-0.1, -0.05) is 30.3 Å². The predicted octanol–water partition coefficient (Wildman–Crippen LogP) is 5.49. The summed E-state index contributed by atoms with van der Waals surface area (Å²) < 4.78 is 54.3. The molecule has 1 saturated heterocycles. The van der Waals surface area contributed by atoms with Gasteiger partial charge in [0.15, 0.2) is 5.69 Å². The summed E-state index contributed by atoms with van der Waals surface area (Å²) in [5, 5.41) is 3.90. The van der Waals surface area contributed by atoms with Crippen LogP contribution in [0.4, 0.5) is 13.2 Å². The Morgan fingerprint density at radius 1 is 1.05 bits per heavy atom. The molecule has 0 radical (unpaired) electrons. The molecule has 0 N–H and O–H groups in total. The van der Waals surface area contributed by atoms with E-state index in [0.29, 0.717) is 31.8 Å². The van der Waals surface area contributed by atoms with E-state index in [9.17, 15) is 22.8 Å². The molecule has 0 bridgehead atoms. The Balaban J connectivity index is 1.21. The number of amides is 1. The fourth-order valence-corrected chi connectivity index (χ4v) is 5.18. The van der Waals surface area contributed by atoms with E-state index >= 15 is 0 Å². The van der Waals surface area contributed by atoms with Crippen LogP contribution in [-0.4, -0.2) is 57.9 Å². The van der Waals surface area contributed by atoms with E-state index < -0.39 is 23.3 Å². The number of halogens is 3. The van der Waals surface area contributed by atoms with Gasteiger partial charge in [0.25, 0.3) is 5.91 Å². The second-order valence-electron chi connectivity index (χ2n) is 9.79. The lowest BCUT2D eigenvalue weighted by Crippen LogP contribution is -2.36. The highest BCUT2D eigenvalue weighted by Gasteiger charge is 2.41. The maximum atomic E-state index is 14.1. The van der Waals surface area contributed by atoms with Crippen LogP contribution in [0.3, 0.4) is 0 Å². The van der Waals surface area contributed by atoms with Gasteiger partial charge in [-0.05, 0) is 42.5 Å². The first kappa shape index (κ1) is 29.5. The molecule has 1 amide bonds. The number of alkyl halides is 3. The molecule has 0 spiro atoms. The molecule has 2 aromatic heterocycles. The Morgan fingerprint density at radius 2 is 1.81 bits per heavy atom. The van der Waals surface area contributed by atoms with Crippen LogP contribution < -0.4 is 10.2 Å². The molecule has 2 aromatic carbocycles. The molecule has 1 aliphatic heterocycles. The molecule has 3 heterocycles. The summed E-state index contributed by atoms with van der Waals surface area (Å²) in [6.07, 6.45) is 0.0425. The number of hydrogen-bond donors (Lipinski definition) is 0. The van der Waals surface area contributed by atoms with Crippen molar-refractivity contribution in [3.05, 3.63) is 106 Å². The summed E-state index contributed by atoms with van der Waals surface area (Å²) in [5.74, 6) is -0.181. The third-order valence-electron chi connectivity index (χ3n) is 6.93. The SMILES string of the molecule is CSc1ccc(COc2coc(CN3CCCN(C(=O)c4cnn(-c5ccccc5)c4C(F)(F)F)CC3)cc2=O)cc1. The Bertz CT molecular complexity index is 1570. The van der Waals surface area contributed by atoms with E-state index in [0.717, 1.165) is 21.3 Å². The number of para-hydroxylation sites is 1. The zero-order valence-corrected chi connectivity index (χ0v) is 23.7. The number of thioether (sulfide) groups is 1. The van der Waals surface area contributed by atoms with Crippen molar-refractivity contribution in [2.24, 2.45) is 0 Å². The van der Waals surface area contributed by atoms with Gasteiger partial charge >= 0.3 is 6.18 Å². The van der Waals surface area contributed by atoms with Crippen molar-refractivity contribution in [3.63, 3.8) is 0 Å². The molecule has 0 saturated carbocycles. The van der Waals surface area contributed by atoms with Crippen LogP contribution in [0, 0.1) is 0 Å². The number of aromatic nitrogens is 2. The first-order valence-electron chi connectivity index (χ1n) is 13.3. The first-order valence-corrected chi connectivity index (χ1v) is 14.5. The molecule has 0 aliphatic carbocycles. The van der Waals surface area contributed by atoms with E-state index in [1.807, 2.05) is 35.4 Å². The molecule has 8 nitrogen and oxygen atoms in total. The topological polar surface area (TPSA) is 80.8 Å². The van der Waals surface area contributed by atoms with Crippen LogP contribution >= 0.6 is 11.8 Å². The Morgan fingerprint density at radius 3 is 2.50 bits per heavy atom. The van der Waals surface area contributed by atoms with Gasteiger partial charge < -0.3 is 14.1 Å². The largest absolute Gasteiger partial charge is 0.482 e. The lowest BCUT2D eigenvalue weighted by molar-refractivity contribution is -0.143. The van der Waals surface area contributed by atoms with Gasteiger partial charge in [0.2, 0.25) is 11.2 Å². The average Bonchev–Trinajstić information content (AvgIpc) is 3.32. The average molecular weight is 599 g/mol. The third-order valence-corrected chi connectivity index (χ3v) is 7.67. The van der Waals surface area contributed by atoms with Crippen LogP contribution in [0.5, 0.6) is 5.75 Å². The minimum absolute atomic E-state index is 0.108. The van der Waals surface area contributed by atoms with E-state index in [4.69, 9.17) is 9.15 Å². The summed E-state index contributed by atoms with van der Waals surface area (Å²) in [4.78, 5) is 30.5. The first-order chi connectivity index (χ1) is 20.2. The van der Waals surface area contributed by atoms with Gasteiger partial charge in [-0.25, -0.2) is 4.68 Å². The Labute approximate surface area is 244 Å². The molecule has 220 valence electrons. The van der Waals surface area contributed by atoms with Crippen molar-refractivity contribution in [2.45, 2.75) is 30.6 Å². The summed E-state index contributed by atoms with van der Waals surface area (Å²) in [7, 11) is 0. The molecule has 4 aromatic rings. The number of nitrogens with zero attached hydrogens (tertiary/aromatic N) is 4. The van der Waals surface area contributed by atoms with E-state index in [1.165, 1.54) is 29.4 Å². The number of carbonyl (C=O) groups excluding carboxylic acids is 1. The molecule has 1 aliphatic rings. The molecular formula is C30H29F3N4O4S. The van der Waals surface area contributed by atoms with Crippen molar-refractivity contribution in [2.75, 3.05) is 32.4 Å². The van der Waals surface area contributed by atoms with Gasteiger partial charge in [-0.15, -0.1) is 11.8 Å². The van der Waals surface area contributed by atoms with Gasteiger partial charge in [0, 0.05) is 37.1 Å². The second kappa shape index (κ2) is 12.9. The molecule has 12 heteroatoms. The number of hydrogen-bond acceptors (Lipinski definition) is 7. The smallest absolute Gasteiger partial charge is 0.434 e. The summed E-state index contributed by atoms with van der Waals surface area (Å²) >= 11 is 1.64. The Hall–Kier alpha value is -4.03. The van der Waals surface area contributed by atoms with Crippen LogP contribution in [0.15, 0.2) is 87.2 Å². The molecule has 42 heavy (non-hydrogen) atoms. The van der Waals surface area contributed by atoms with E-state index in [1.54, 1.807) is 30.0 Å². The van der Waals surface area contributed by atoms with Crippen molar-refractivity contribution in [3.8, 4) is 11.4 Å². The van der Waals surface area contributed by atoms with Crippen LogP contribution in [0.2, 0.25) is 0 Å². The lowest BCUT2D eigenvalue weighted by atomic mass is 10.2. The highest BCUT2D eigenvalue weighted by atomic mass is 32.2. The van der Waals surface area contributed by atoms with E-state index in [2.05, 4.69) is 5.10 Å². The fourth-order valence-electron chi connectivity index (χ4n) is 4.78. The minimum atomic E-state index is -4.78. The maximum absolute atomic E-state index is 14.1. The highest BCUT2D eigenvalue weighted by Crippen LogP contribution is 2.34. The number of ether oxygens (including phenoxy) is 1. The minimum Gasteiger partial charge on any atom is -0.482 e. The molecule has 0 atom stereocenters. The zero-order chi connectivity index (χ0) is 29.7. The summed E-state index contributed by atoms with van der Waals surface area (Å²) in [6, 6.07) is 17.1. The van der Waals surface area contributed by atoms with Crippen molar-refractivity contribution >= 4 is 17.7 Å². The quantitative estimate of drug-likeness (QED) is 0.248. The van der Waals surface area contributed by atoms with Crippen molar-refractivity contribution in [1.29, 1.82) is 0 Å². The highest BCUT2D eigenvalue weighted by molar-refractivity contribution is 7.98. The normalized spacial score (nSPS) is 14.5. The van der Waals surface area contributed by atoms with Gasteiger partial charge in [0.05, 0.1) is 24.0 Å². The number of carbonyl (C=O) groups is 1. The molecular weight excluding hydrogens is 569 g/mol. The molecule has 5 rings (SSSR count). The lowest BCUT2D eigenvalue weighted by Gasteiger charge is -2.22. The fraction of sp³-hybridized carbons (Fsp3) is 0.300. The van der Waals surface area contributed by atoms with E-state index in [-0.39, 0.29) is 36.6 Å². The van der Waals surface area contributed by atoms with Gasteiger partial charge in [-0.3, -0.25) is 14.5 Å². The Kier molecular flexibility index (Phi) is 9.03. The van der Waals surface area contributed by atoms with Gasteiger partial charge in [-0.2, -0.15) is 18.3 Å². The summed E-state index contributed by atoms with van der Waals surface area (Å²) in [5.41, 5.74) is -0.746. The van der Waals surface area contributed by atoms with Gasteiger partial charge in [0.1, 0.15) is 18.6 Å². The monoisotopic (exact) mass is 598 g/mol. The predicted molar refractivity (Wildman–Crippen MR) is 152 cm³/mol. The van der Waals surface area contributed by atoms with Crippen molar-refractivity contribution in [1.82, 2.24) is 19.6 Å². The molecule has 1 fully saturated rings. The third kappa shape index (κ3) is 6.88. The maximum Gasteiger partial charge on any atom is 0.434 e. The number of rotatable bonds is 8. The zero-order valence-electron chi connectivity index (χ0n) is 22.8. The second-order valence-corrected chi connectivity index (χ2v) is 10.7. The van der Waals surface area contributed by atoms with Crippen molar-refractivity contribution < 1.29 is 27.1 Å². The van der Waals surface area contributed by atoms with Crippen LogP contribution in [0.25, 0.3) is 5.69 Å².